The summed E-state index contributed by atoms with van der Waals surface area (Å²) >= 11 is 0. The van der Waals surface area contributed by atoms with Crippen molar-refractivity contribution in [1.82, 2.24) is 9.97 Å². The first-order valence-corrected chi connectivity index (χ1v) is 7.29. The van der Waals surface area contributed by atoms with Gasteiger partial charge in [0.15, 0.2) is 0 Å². The van der Waals surface area contributed by atoms with E-state index >= 15 is 0 Å². The van der Waals surface area contributed by atoms with E-state index in [9.17, 15) is 5.11 Å². The fraction of sp³-hybridized carbons (Fsp3) is 0.375. The number of anilines is 2. The van der Waals surface area contributed by atoms with E-state index in [1.54, 1.807) is 13.1 Å². The minimum absolute atomic E-state index is 0.457. The van der Waals surface area contributed by atoms with Crippen molar-refractivity contribution in [2.75, 3.05) is 36.0 Å². The Morgan fingerprint density at radius 3 is 2.24 bits per heavy atom. The maximum Gasteiger partial charge on any atom is 0.128 e. The molecule has 3 rings (SSSR count). The SMILES string of the molecule is C[C@H](O)c1ccnc(N2CCN(c3ccccn3)CC2)c1. The summed E-state index contributed by atoms with van der Waals surface area (Å²) in [4.78, 5) is 13.4. The van der Waals surface area contributed by atoms with Gasteiger partial charge in [0.1, 0.15) is 11.6 Å². The first-order valence-electron chi connectivity index (χ1n) is 7.29. The fourth-order valence-corrected chi connectivity index (χ4v) is 2.57. The molecule has 0 unspecified atom stereocenters. The predicted octanol–water partition coefficient (Wildman–Crippen LogP) is 1.86. The molecule has 1 aliphatic heterocycles. The molecule has 0 saturated carbocycles. The van der Waals surface area contributed by atoms with Crippen LogP contribution < -0.4 is 9.80 Å². The topological polar surface area (TPSA) is 52.5 Å². The van der Waals surface area contributed by atoms with Crippen molar-refractivity contribution in [2.45, 2.75) is 13.0 Å². The van der Waals surface area contributed by atoms with Crippen LogP contribution in [0.4, 0.5) is 11.6 Å². The lowest BCUT2D eigenvalue weighted by Crippen LogP contribution is -2.47. The van der Waals surface area contributed by atoms with Crippen molar-refractivity contribution < 1.29 is 5.11 Å². The van der Waals surface area contributed by atoms with Crippen LogP contribution in [0.25, 0.3) is 0 Å². The highest BCUT2D eigenvalue weighted by atomic mass is 16.3. The third kappa shape index (κ3) is 3.13. The monoisotopic (exact) mass is 284 g/mol. The van der Waals surface area contributed by atoms with Gasteiger partial charge >= 0.3 is 0 Å². The number of aromatic nitrogens is 2. The largest absolute Gasteiger partial charge is 0.389 e. The van der Waals surface area contributed by atoms with Crippen molar-refractivity contribution in [3.05, 3.63) is 48.3 Å². The number of aliphatic hydroxyl groups excluding tert-OH is 1. The van der Waals surface area contributed by atoms with E-state index in [2.05, 4.69) is 19.8 Å². The maximum absolute atomic E-state index is 9.67. The van der Waals surface area contributed by atoms with Crippen molar-refractivity contribution in [3.8, 4) is 0 Å². The van der Waals surface area contributed by atoms with Crippen molar-refractivity contribution in [3.63, 3.8) is 0 Å². The van der Waals surface area contributed by atoms with Crippen LogP contribution in [-0.2, 0) is 0 Å². The van der Waals surface area contributed by atoms with E-state index < -0.39 is 6.10 Å². The summed E-state index contributed by atoms with van der Waals surface area (Å²) in [6, 6.07) is 9.83. The lowest BCUT2D eigenvalue weighted by atomic mass is 10.1. The molecule has 1 N–H and O–H groups in total. The minimum atomic E-state index is -0.457. The molecule has 0 bridgehead atoms. The molecule has 0 spiro atoms. The predicted molar refractivity (Wildman–Crippen MR) is 83.5 cm³/mol. The number of pyridine rings is 2. The van der Waals surface area contributed by atoms with Crippen LogP contribution in [0.1, 0.15) is 18.6 Å². The van der Waals surface area contributed by atoms with Gasteiger partial charge in [-0.05, 0) is 36.8 Å². The van der Waals surface area contributed by atoms with Crippen LogP contribution in [0.3, 0.4) is 0 Å². The molecule has 5 nitrogen and oxygen atoms in total. The zero-order valence-corrected chi connectivity index (χ0v) is 12.2. The summed E-state index contributed by atoms with van der Waals surface area (Å²) in [7, 11) is 0. The zero-order chi connectivity index (χ0) is 14.7. The minimum Gasteiger partial charge on any atom is -0.389 e. The summed E-state index contributed by atoms with van der Waals surface area (Å²) in [6.45, 7) is 5.45. The van der Waals surface area contributed by atoms with Crippen molar-refractivity contribution in [2.24, 2.45) is 0 Å². The smallest absolute Gasteiger partial charge is 0.128 e. The number of rotatable bonds is 3. The molecular formula is C16H20N4O. The van der Waals surface area contributed by atoms with Crippen LogP contribution in [0.2, 0.25) is 0 Å². The van der Waals surface area contributed by atoms with Crippen LogP contribution in [0.5, 0.6) is 0 Å². The Kier molecular flexibility index (Phi) is 4.01. The van der Waals surface area contributed by atoms with Crippen molar-refractivity contribution in [1.29, 1.82) is 0 Å². The zero-order valence-electron chi connectivity index (χ0n) is 12.2. The highest BCUT2D eigenvalue weighted by Gasteiger charge is 2.19. The van der Waals surface area contributed by atoms with Crippen LogP contribution in [0, 0.1) is 0 Å². The van der Waals surface area contributed by atoms with Gasteiger partial charge in [0.25, 0.3) is 0 Å². The van der Waals surface area contributed by atoms with Gasteiger partial charge in [-0.2, -0.15) is 0 Å². The van der Waals surface area contributed by atoms with Crippen LogP contribution in [0.15, 0.2) is 42.7 Å². The van der Waals surface area contributed by atoms with Gasteiger partial charge < -0.3 is 14.9 Å². The number of aliphatic hydroxyl groups is 1. The molecule has 0 aliphatic carbocycles. The van der Waals surface area contributed by atoms with E-state index in [1.807, 2.05) is 36.5 Å². The Bertz CT molecular complexity index is 580. The molecule has 1 saturated heterocycles. The molecule has 0 amide bonds. The number of hydrogen-bond acceptors (Lipinski definition) is 5. The second-order valence-corrected chi connectivity index (χ2v) is 5.29. The lowest BCUT2D eigenvalue weighted by Gasteiger charge is -2.36. The Morgan fingerprint density at radius 1 is 0.952 bits per heavy atom. The van der Waals surface area contributed by atoms with Gasteiger partial charge in [0.2, 0.25) is 0 Å². The van der Waals surface area contributed by atoms with E-state index in [0.29, 0.717) is 0 Å². The van der Waals surface area contributed by atoms with Gasteiger partial charge in [-0.3, -0.25) is 0 Å². The summed E-state index contributed by atoms with van der Waals surface area (Å²) in [5.74, 6) is 1.97. The van der Waals surface area contributed by atoms with Crippen molar-refractivity contribution >= 4 is 11.6 Å². The molecule has 110 valence electrons. The summed E-state index contributed by atoms with van der Waals surface area (Å²) in [6.07, 6.45) is 3.14. The molecule has 0 aromatic carbocycles. The second-order valence-electron chi connectivity index (χ2n) is 5.29. The second kappa shape index (κ2) is 6.10. The Hall–Kier alpha value is -2.14. The molecule has 5 heteroatoms. The Morgan fingerprint density at radius 2 is 1.62 bits per heavy atom. The fourth-order valence-electron chi connectivity index (χ4n) is 2.57. The Labute approximate surface area is 124 Å². The third-order valence-corrected chi connectivity index (χ3v) is 3.83. The normalized spacial score (nSPS) is 16.9. The van der Waals surface area contributed by atoms with Gasteiger partial charge in [-0.15, -0.1) is 0 Å². The first kappa shape index (κ1) is 13.8. The van der Waals surface area contributed by atoms with E-state index in [1.165, 1.54) is 0 Å². The van der Waals surface area contributed by atoms with Crippen LogP contribution in [-0.4, -0.2) is 41.3 Å². The molecule has 1 fully saturated rings. The molecule has 1 aliphatic rings. The number of nitrogens with zero attached hydrogens (tertiary/aromatic N) is 4. The molecule has 3 heterocycles. The molecule has 1 atom stereocenters. The van der Waals surface area contributed by atoms with Gasteiger partial charge in [-0.1, -0.05) is 6.07 Å². The molecule has 2 aromatic rings. The molecular weight excluding hydrogens is 264 g/mol. The van der Waals surface area contributed by atoms with Gasteiger partial charge in [-0.25, -0.2) is 9.97 Å². The third-order valence-electron chi connectivity index (χ3n) is 3.83. The van der Waals surface area contributed by atoms with E-state index in [4.69, 9.17) is 0 Å². The Balaban J connectivity index is 1.67. The summed E-state index contributed by atoms with van der Waals surface area (Å²) in [5, 5.41) is 9.67. The first-order chi connectivity index (χ1) is 10.2. The molecule has 21 heavy (non-hydrogen) atoms. The average molecular weight is 284 g/mol. The van der Waals surface area contributed by atoms with E-state index in [0.717, 1.165) is 43.4 Å². The number of piperazine rings is 1. The highest BCUT2D eigenvalue weighted by Crippen LogP contribution is 2.20. The van der Waals surface area contributed by atoms with Crippen LogP contribution >= 0.6 is 0 Å². The standard InChI is InChI=1S/C16H20N4O/c1-13(21)14-5-7-18-16(12-14)20-10-8-19(9-11-20)15-4-2-3-6-17-15/h2-7,12-13,21H,8-11H2,1H3/t13-/m0/s1. The molecule has 0 radical (unpaired) electrons. The average Bonchev–Trinajstić information content (AvgIpc) is 2.56. The molecule has 2 aromatic heterocycles. The highest BCUT2D eigenvalue weighted by molar-refractivity contribution is 5.46. The van der Waals surface area contributed by atoms with Gasteiger partial charge in [0, 0.05) is 38.6 Å². The van der Waals surface area contributed by atoms with Gasteiger partial charge in [0.05, 0.1) is 6.10 Å². The quantitative estimate of drug-likeness (QED) is 0.932. The summed E-state index contributed by atoms with van der Waals surface area (Å²) < 4.78 is 0. The maximum atomic E-state index is 9.67. The lowest BCUT2D eigenvalue weighted by molar-refractivity contribution is 0.199. The summed E-state index contributed by atoms with van der Waals surface area (Å²) in [5.41, 5.74) is 0.909. The number of hydrogen-bond donors (Lipinski definition) is 1. The van der Waals surface area contributed by atoms with E-state index in [-0.39, 0.29) is 0 Å².